The van der Waals surface area contributed by atoms with Crippen LogP contribution in [-0.2, 0) is 39.3 Å². The van der Waals surface area contributed by atoms with Crippen molar-refractivity contribution in [3.8, 4) is 44.9 Å². The van der Waals surface area contributed by atoms with Gasteiger partial charge in [-0.3, -0.25) is 0 Å². The Morgan fingerprint density at radius 3 is 1.08 bits per heavy atom. The summed E-state index contributed by atoms with van der Waals surface area (Å²) in [6.07, 6.45) is -21.9. The summed E-state index contributed by atoms with van der Waals surface area (Å²) in [5, 5.41) is -0.517. The molecule has 0 radical (unpaired) electrons. The second kappa shape index (κ2) is 13.8. The predicted molar refractivity (Wildman–Crippen MR) is 185 cm³/mol. The molecule has 1 aliphatic rings. The van der Waals surface area contributed by atoms with E-state index in [4.69, 9.17) is 9.05 Å². The van der Waals surface area contributed by atoms with E-state index in [-0.39, 0.29) is 57.9 Å². The number of alkyl halides is 15. The molecule has 0 spiro atoms. The highest BCUT2D eigenvalue weighted by Crippen LogP contribution is 2.62. The van der Waals surface area contributed by atoms with Gasteiger partial charge in [0.1, 0.15) is 11.5 Å². The fraction of sp³-hybridized carbons (Fsp3) is 0.135. The van der Waals surface area contributed by atoms with Crippen LogP contribution in [0.25, 0.3) is 54.9 Å². The largest absolute Gasteiger partial charge is 0.526 e. The SMILES string of the molecule is O=P1(NS(=O)(=O)C(F)(F)F)Oc2c(-c3cc(C(F)(F)F)cc(C(F)(F)F)c3)cc3ccccc3c2-c2c(c(-c3cc(C(F)(F)F)cc(C(F)(F)F)c3)cc3ccccc23)O1. The molecule has 1 aliphatic heterocycles. The van der Waals surface area contributed by atoms with Crippen molar-refractivity contribution in [3.05, 3.63) is 119 Å². The van der Waals surface area contributed by atoms with E-state index in [0.717, 1.165) is 12.1 Å². The van der Waals surface area contributed by atoms with E-state index in [1.54, 1.807) is 0 Å². The summed E-state index contributed by atoms with van der Waals surface area (Å²) in [6, 6.07) is 12.0. The zero-order valence-electron chi connectivity index (χ0n) is 28.8. The van der Waals surface area contributed by atoms with Crippen LogP contribution in [0.1, 0.15) is 22.3 Å². The van der Waals surface area contributed by atoms with E-state index in [0.29, 0.717) is 4.49 Å². The van der Waals surface area contributed by atoms with Gasteiger partial charge in [-0.05, 0) is 81.2 Å². The quantitative estimate of drug-likeness (QED) is 0.141. The van der Waals surface area contributed by atoms with Crippen LogP contribution in [0.3, 0.4) is 0 Å². The Balaban J connectivity index is 1.72. The lowest BCUT2D eigenvalue weighted by Crippen LogP contribution is -2.36. The fourth-order valence-corrected chi connectivity index (χ4v) is 9.28. The highest BCUT2D eigenvalue weighted by molar-refractivity contribution is 7.95. The monoisotopic (exact) mass is 903 g/mol. The number of fused-ring (bicyclic) bond motifs is 7. The summed E-state index contributed by atoms with van der Waals surface area (Å²) < 4.78 is 262. The highest BCUT2D eigenvalue weighted by Gasteiger charge is 2.53. The molecule has 0 atom stereocenters. The fourth-order valence-electron chi connectivity index (χ4n) is 6.49. The van der Waals surface area contributed by atoms with E-state index in [9.17, 15) is 78.8 Å². The number of hydrogen-bond donors (Lipinski definition) is 1. The molecule has 0 fully saturated rings. The summed E-state index contributed by atoms with van der Waals surface area (Å²) >= 11 is 0. The number of nitrogens with one attached hydrogen (secondary N) is 1. The molecule has 1 N–H and O–H groups in total. The van der Waals surface area contributed by atoms with Crippen LogP contribution in [0.15, 0.2) is 97.1 Å². The first-order valence-electron chi connectivity index (χ1n) is 16.3. The van der Waals surface area contributed by atoms with Crippen molar-refractivity contribution in [1.82, 2.24) is 4.49 Å². The van der Waals surface area contributed by atoms with Crippen LogP contribution in [-0.4, -0.2) is 13.9 Å². The van der Waals surface area contributed by atoms with E-state index in [2.05, 4.69) is 0 Å². The van der Waals surface area contributed by atoms with Gasteiger partial charge in [-0.15, -0.1) is 0 Å². The Bertz CT molecular complexity index is 2670. The number of rotatable bonds is 4. The molecule has 0 aliphatic carbocycles. The number of sulfonamides is 1. The first kappa shape index (κ1) is 42.6. The maximum Gasteiger partial charge on any atom is 0.526 e. The first-order valence-corrected chi connectivity index (χ1v) is 19.3. The van der Waals surface area contributed by atoms with Gasteiger partial charge in [0.25, 0.3) is 0 Å². The highest BCUT2D eigenvalue weighted by atomic mass is 32.2. The zero-order valence-corrected chi connectivity index (χ0v) is 30.5. The molecule has 0 aromatic heterocycles. The van der Waals surface area contributed by atoms with Gasteiger partial charge in [-0.2, -0.15) is 65.9 Å². The molecule has 0 bridgehead atoms. The van der Waals surface area contributed by atoms with Gasteiger partial charge in [0, 0.05) is 22.3 Å². The van der Waals surface area contributed by atoms with Crippen molar-refractivity contribution in [2.24, 2.45) is 0 Å². The van der Waals surface area contributed by atoms with E-state index in [1.807, 2.05) is 0 Å². The molecule has 316 valence electrons. The second-order valence-corrected chi connectivity index (χ2v) is 16.6. The number of hydrogen-bond acceptors (Lipinski definition) is 5. The van der Waals surface area contributed by atoms with Crippen molar-refractivity contribution >= 4 is 39.3 Å². The summed E-state index contributed by atoms with van der Waals surface area (Å²) in [7, 11) is -13.3. The van der Waals surface area contributed by atoms with Gasteiger partial charge >= 0.3 is 48.0 Å². The lowest BCUT2D eigenvalue weighted by Gasteiger charge is -2.22. The molecule has 6 nitrogen and oxygen atoms in total. The van der Waals surface area contributed by atoms with Gasteiger partial charge in [0.15, 0.2) is 0 Å². The van der Waals surface area contributed by atoms with Gasteiger partial charge in [0.05, 0.1) is 22.3 Å². The maximum atomic E-state index is 14.6. The Morgan fingerprint density at radius 1 is 0.467 bits per heavy atom. The molecule has 0 saturated carbocycles. The van der Waals surface area contributed by atoms with Crippen LogP contribution in [0, 0.1) is 0 Å². The number of benzene rings is 6. The molecule has 1 heterocycles. The summed E-state index contributed by atoms with van der Waals surface area (Å²) in [6.45, 7) is 0. The van der Waals surface area contributed by atoms with Crippen LogP contribution < -0.4 is 13.5 Å². The molecule has 0 unspecified atom stereocenters. The predicted octanol–water partition coefficient (Wildman–Crippen LogP) is 13.4. The molecule has 7 rings (SSSR count). The van der Waals surface area contributed by atoms with Crippen molar-refractivity contribution in [1.29, 1.82) is 0 Å². The Labute approximate surface area is 325 Å². The van der Waals surface area contributed by atoms with Crippen molar-refractivity contribution < 1.29 is 87.9 Å². The minimum atomic E-state index is -6.88. The summed E-state index contributed by atoms with van der Waals surface area (Å²) in [4.78, 5) is 0. The molecular formula is C37H17F15NO5PS. The lowest BCUT2D eigenvalue weighted by atomic mass is 9.85. The van der Waals surface area contributed by atoms with Gasteiger partial charge in [-0.1, -0.05) is 53.0 Å². The Hall–Kier alpha value is -5.47. The van der Waals surface area contributed by atoms with Crippen LogP contribution in [0.2, 0.25) is 0 Å². The average Bonchev–Trinajstić information content (AvgIpc) is 3.25. The lowest BCUT2D eigenvalue weighted by molar-refractivity contribution is -0.144. The van der Waals surface area contributed by atoms with Crippen LogP contribution in [0.4, 0.5) is 65.9 Å². The molecule has 6 aromatic rings. The van der Waals surface area contributed by atoms with E-state index in [1.165, 1.54) is 48.5 Å². The molecule has 60 heavy (non-hydrogen) atoms. The standard InChI is InChI=1S/C37H17F15NO5PS/c38-33(39,40)21-9-19(10-22(15-21)34(41,42)43)27-13-17-5-1-3-7-25(17)29-30-26-8-4-2-6-18(26)14-28(20-11-23(35(44,45)46)16-24(12-20)36(47,48)49)32(30)58-59(54,57-31(27)29)53-60(55,56)37(50,51)52/h1-16H,(H,53,54). The number of halogens is 15. The topological polar surface area (TPSA) is 81.7 Å². The molecular weight excluding hydrogens is 886 g/mol. The minimum absolute atomic E-state index is 0.0905. The van der Waals surface area contributed by atoms with Gasteiger partial charge in [0.2, 0.25) is 0 Å². The third-order valence-corrected chi connectivity index (χ3v) is 12.3. The molecule has 0 amide bonds. The van der Waals surface area contributed by atoms with Crippen LogP contribution in [0.5, 0.6) is 11.5 Å². The third-order valence-electron chi connectivity index (χ3n) is 9.01. The molecule has 0 saturated heterocycles. The Morgan fingerprint density at radius 2 is 0.783 bits per heavy atom. The first-order chi connectivity index (χ1) is 27.5. The van der Waals surface area contributed by atoms with Crippen molar-refractivity contribution in [2.75, 3.05) is 0 Å². The summed E-state index contributed by atoms with van der Waals surface area (Å²) in [5.41, 5.74) is -19.1. The third kappa shape index (κ3) is 7.82. The van der Waals surface area contributed by atoms with Crippen molar-refractivity contribution in [3.63, 3.8) is 0 Å². The maximum absolute atomic E-state index is 14.6. The van der Waals surface area contributed by atoms with E-state index < -0.39 is 115 Å². The molecule has 23 heteroatoms. The molecule has 6 aromatic carbocycles. The van der Waals surface area contributed by atoms with E-state index >= 15 is 0 Å². The second-order valence-electron chi connectivity index (χ2n) is 13.0. The average molecular weight is 904 g/mol. The normalized spacial score (nSPS) is 14.9. The van der Waals surface area contributed by atoms with Crippen LogP contribution >= 0.6 is 7.75 Å². The van der Waals surface area contributed by atoms with Crippen molar-refractivity contribution in [2.45, 2.75) is 30.2 Å². The van der Waals surface area contributed by atoms with Gasteiger partial charge < -0.3 is 9.05 Å². The summed E-state index contributed by atoms with van der Waals surface area (Å²) in [5.74, 6) is -2.34. The smallest absolute Gasteiger partial charge is 0.403 e. The minimum Gasteiger partial charge on any atom is -0.403 e. The van der Waals surface area contributed by atoms with Gasteiger partial charge in [-0.25, -0.2) is 13.0 Å². The zero-order chi connectivity index (χ0) is 44.2. The Kier molecular flexibility index (Phi) is 9.80.